The summed E-state index contributed by atoms with van der Waals surface area (Å²) in [6, 6.07) is 3.22. The number of nitrogens with zero attached hydrogens (tertiary/aromatic N) is 1. The zero-order chi connectivity index (χ0) is 12.1. The molecular formula is C14H21FN2. The highest BCUT2D eigenvalue weighted by molar-refractivity contribution is 5.12. The fraction of sp³-hybridized carbons (Fsp3) is 0.643. The first-order valence-electron chi connectivity index (χ1n) is 6.60. The molecule has 1 aliphatic carbocycles. The normalized spacial score (nSPS) is 19.9. The Morgan fingerprint density at radius 2 is 2.00 bits per heavy atom. The van der Waals surface area contributed by atoms with Crippen LogP contribution in [-0.2, 0) is 0 Å². The summed E-state index contributed by atoms with van der Waals surface area (Å²) in [6.07, 6.45) is 9.20. The summed E-state index contributed by atoms with van der Waals surface area (Å²) >= 11 is 0. The van der Waals surface area contributed by atoms with E-state index in [4.69, 9.17) is 0 Å². The Balaban J connectivity index is 2.17. The Morgan fingerprint density at radius 1 is 1.29 bits per heavy atom. The molecule has 1 unspecified atom stereocenters. The van der Waals surface area contributed by atoms with Gasteiger partial charge in [0, 0.05) is 6.20 Å². The molecular weight excluding hydrogens is 215 g/mol. The van der Waals surface area contributed by atoms with Gasteiger partial charge >= 0.3 is 0 Å². The molecule has 17 heavy (non-hydrogen) atoms. The Labute approximate surface area is 103 Å². The van der Waals surface area contributed by atoms with Crippen LogP contribution < -0.4 is 5.32 Å². The van der Waals surface area contributed by atoms with Gasteiger partial charge in [-0.1, -0.05) is 25.7 Å². The van der Waals surface area contributed by atoms with Gasteiger partial charge in [0.2, 0.25) is 0 Å². The maximum absolute atomic E-state index is 13.8. The number of rotatable bonds is 3. The molecule has 1 N–H and O–H groups in total. The summed E-state index contributed by atoms with van der Waals surface area (Å²) in [5.74, 6) is 0.336. The van der Waals surface area contributed by atoms with Crippen molar-refractivity contribution in [3.05, 3.63) is 29.8 Å². The van der Waals surface area contributed by atoms with E-state index in [1.807, 2.05) is 7.05 Å². The second kappa shape index (κ2) is 6.10. The van der Waals surface area contributed by atoms with Crippen LogP contribution >= 0.6 is 0 Å². The first kappa shape index (κ1) is 12.5. The van der Waals surface area contributed by atoms with E-state index >= 15 is 0 Å². The molecule has 1 aromatic heterocycles. The van der Waals surface area contributed by atoms with Crippen LogP contribution in [0.1, 0.15) is 50.3 Å². The fourth-order valence-electron chi connectivity index (χ4n) is 2.87. The molecule has 1 heterocycles. The average molecular weight is 236 g/mol. The first-order valence-corrected chi connectivity index (χ1v) is 6.60. The summed E-state index contributed by atoms with van der Waals surface area (Å²) in [4.78, 5) is 4.22. The molecule has 0 aliphatic heterocycles. The predicted molar refractivity (Wildman–Crippen MR) is 67.2 cm³/mol. The lowest BCUT2D eigenvalue weighted by Crippen LogP contribution is -2.27. The number of hydrogen-bond acceptors (Lipinski definition) is 2. The smallest absolute Gasteiger partial charge is 0.146 e. The summed E-state index contributed by atoms with van der Waals surface area (Å²) in [5, 5.41) is 3.25. The average Bonchev–Trinajstić information content (AvgIpc) is 2.62. The minimum Gasteiger partial charge on any atom is -0.311 e. The second-order valence-electron chi connectivity index (χ2n) is 4.89. The summed E-state index contributed by atoms with van der Waals surface area (Å²) in [6.45, 7) is 0. The number of nitrogens with one attached hydrogen (secondary N) is 1. The van der Waals surface area contributed by atoms with Gasteiger partial charge in [0.15, 0.2) is 0 Å². The van der Waals surface area contributed by atoms with E-state index in [0.29, 0.717) is 11.6 Å². The first-order chi connectivity index (χ1) is 8.33. The molecule has 1 aliphatic rings. The molecule has 0 radical (unpaired) electrons. The predicted octanol–water partition coefficient (Wildman–Crippen LogP) is 3.45. The highest BCUT2D eigenvalue weighted by Gasteiger charge is 2.25. The number of hydrogen-bond donors (Lipinski definition) is 1. The van der Waals surface area contributed by atoms with Crippen molar-refractivity contribution >= 4 is 0 Å². The van der Waals surface area contributed by atoms with Gasteiger partial charge in [-0.25, -0.2) is 4.39 Å². The van der Waals surface area contributed by atoms with Crippen molar-refractivity contribution in [2.24, 2.45) is 5.92 Å². The maximum atomic E-state index is 13.8. The lowest BCUT2D eigenvalue weighted by Gasteiger charge is -2.25. The fourth-order valence-corrected chi connectivity index (χ4v) is 2.87. The lowest BCUT2D eigenvalue weighted by atomic mass is 9.89. The standard InChI is InChI=1S/C14H21FN2/c1-16-13(11-7-4-2-3-5-8-11)14-12(15)9-6-10-17-14/h6,9-11,13,16H,2-5,7-8H2,1H3. The van der Waals surface area contributed by atoms with Crippen LogP contribution in [0.15, 0.2) is 18.3 Å². The molecule has 3 heteroatoms. The molecule has 1 aromatic rings. The number of aromatic nitrogens is 1. The van der Waals surface area contributed by atoms with Gasteiger partial charge in [-0.15, -0.1) is 0 Å². The van der Waals surface area contributed by atoms with Gasteiger partial charge in [-0.3, -0.25) is 4.98 Å². The number of pyridine rings is 1. The molecule has 1 saturated carbocycles. The molecule has 0 aromatic carbocycles. The van der Waals surface area contributed by atoms with Crippen LogP contribution in [0.5, 0.6) is 0 Å². The molecule has 1 atom stereocenters. The maximum Gasteiger partial charge on any atom is 0.146 e. The van der Waals surface area contributed by atoms with Crippen molar-refractivity contribution in [3.63, 3.8) is 0 Å². The van der Waals surface area contributed by atoms with E-state index in [2.05, 4.69) is 10.3 Å². The van der Waals surface area contributed by atoms with Crippen LogP contribution in [0.3, 0.4) is 0 Å². The van der Waals surface area contributed by atoms with E-state index in [1.165, 1.54) is 44.6 Å². The molecule has 0 saturated heterocycles. The summed E-state index contributed by atoms with van der Waals surface area (Å²) in [5.41, 5.74) is 0.585. The largest absolute Gasteiger partial charge is 0.311 e. The third-order valence-electron chi connectivity index (χ3n) is 3.76. The van der Waals surface area contributed by atoms with Gasteiger partial charge in [0.25, 0.3) is 0 Å². The van der Waals surface area contributed by atoms with Crippen molar-refractivity contribution in [3.8, 4) is 0 Å². The van der Waals surface area contributed by atoms with E-state index in [-0.39, 0.29) is 11.9 Å². The summed E-state index contributed by atoms with van der Waals surface area (Å²) in [7, 11) is 1.91. The molecule has 1 fully saturated rings. The molecule has 94 valence electrons. The lowest BCUT2D eigenvalue weighted by molar-refractivity contribution is 0.326. The van der Waals surface area contributed by atoms with Crippen LogP contribution in [0.25, 0.3) is 0 Å². The zero-order valence-electron chi connectivity index (χ0n) is 10.5. The van der Waals surface area contributed by atoms with Gasteiger partial charge < -0.3 is 5.32 Å². The molecule has 0 bridgehead atoms. The van der Waals surface area contributed by atoms with Crippen molar-refractivity contribution in [1.82, 2.24) is 10.3 Å². The molecule has 0 amide bonds. The van der Waals surface area contributed by atoms with Crippen LogP contribution in [-0.4, -0.2) is 12.0 Å². The molecule has 2 nitrogen and oxygen atoms in total. The quantitative estimate of drug-likeness (QED) is 0.813. The molecule has 2 rings (SSSR count). The van der Waals surface area contributed by atoms with Crippen molar-refractivity contribution in [1.29, 1.82) is 0 Å². The van der Waals surface area contributed by atoms with Gasteiger partial charge in [0.1, 0.15) is 5.82 Å². The topological polar surface area (TPSA) is 24.9 Å². The SMILES string of the molecule is CNC(c1ncccc1F)C1CCCCCC1. The Morgan fingerprint density at radius 3 is 2.59 bits per heavy atom. The highest BCUT2D eigenvalue weighted by Crippen LogP contribution is 2.33. The van der Waals surface area contributed by atoms with Gasteiger partial charge in [-0.05, 0) is 37.9 Å². The van der Waals surface area contributed by atoms with E-state index in [1.54, 1.807) is 12.3 Å². The third kappa shape index (κ3) is 3.03. The minimum atomic E-state index is -0.184. The number of halogens is 1. The Hall–Kier alpha value is -0.960. The van der Waals surface area contributed by atoms with E-state index in [9.17, 15) is 4.39 Å². The van der Waals surface area contributed by atoms with Crippen LogP contribution in [0, 0.1) is 11.7 Å². The van der Waals surface area contributed by atoms with Crippen molar-refractivity contribution < 1.29 is 4.39 Å². The van der Waals surface area contributed by atoms with Crippen molar-refractivity contribution in [2.75, 3.05) is 7.05 Å². The van der Waals surface area contributed by atoms with Crippen LogP contribution in [0.2, 0.25) is 0 Å². The van der Waals surface area contributed by atoms with Crippen molar-refractivity contribution in [2.45, 2.75) is 44.6 Å². The Bertz CT molecular complexity index is 346. The minimum absolute atomic E-state index is 0.0642. The Kier molecular flexibility index (Phi) is 4.49. The highest BCUT2D eigenvalue weighted by atomic mass is 19.1. The zero-order valence-corrected chi connectivity index (χ0v) is 10.5. The summed E-state index contributed by atoms with van der Waals surface area (Å²) < 4.78 is 13.8. The second-order valence-corrected chi connectivity index (χ2v) is 4.89. The molecule has 0 spiro atoms. The van der Waals surface area contributed by atoms with Crippen LogP contribution in [0.4, 0.5) is 4.39 Å². The van der Waals surface area contributed by atoms with E-state index < -0.39 is 0 Å². The van der Waals surface area contributed by atoms with E-state index in [0.717, 1.165) is 0 Å². The van der Waals surface area contributed by atoms with Gasteiger partial charge in [0.05, 0.1) is 11.7 Å². The monoisotopic (exact) mass is 236 g/mol. The van der Waals surface area contributed by atoms with Gasteiger partial charge in [-0.2, -0.15) is 0 Å². The third-order valence-corrected chi connectivity index (χ3v) is 3.76.